The van der Waals surface area contributed by atoms with Crippen molar-refractivity contribution in [3.05, 3.63) is 0 Å². The lowest BCUT2D eigenvalue weighted by Crippen LogP contribution is -2.55. The molecular formula is C10H20O3. The van der Waals surface area contributed by atoms with Crippen molar-refractivity contribution >= 4 is 0 Å². The molecule has 3 heteroatoms. The van der Waals surface area contributed by atoms with Crippen LogP contribution in [0.1, 0.15) is 34.1 Å². The first-order chi connectivity index (χ1) is 5.84. The standard InChI is InChI=1S/C10H20O3/c1-6(2)8-5-10(4,12)9(11)7(3)13-8/h6-9,11-12H,5H2,1-4H3/t7-,8+,9-,10-/m1/s1. The number of aliphatic hydroxyl groups excluding tert-OH is 1. The molecule has 0 bridgehead atoms. The zero-order chi connectivity index (χ0) is 10.2. The van der Waals surface area contributed by atoms with Gasteiger partial charge in [-0.3, -0.25) is 0 Å². The van der Waals surface area contributed by atoms with Crippen LogP contribution >= 0.6 is 0 Å². The second-order valence-electron chi connectivity index (χ2n) is 4.63. The van der Waals surface area contributed by atoms with Crippen molar-refractivity contribution in [2.75, 3.05) is 0 Å². The van der Waals surface area contributed by atoms with Crippen molar-refractivity contribution in [2.45, 2.75) is 58.0 Å². The van der Waals surface area contributed by atoms with E-state index in [1.165, 1.54) is 0 Å². The van der Waals surface area contributed by atoms with Gasteiger partial charge in [0.1, 0.15) is 6.10 Å². The zero-order valence-corrected chi connectivity index (χ0v) is 8.82. The second-order valence-corrected chi connectivity index (χ2v) is 4.63. The highest BCUT2D eigenvalue weighted by atomic mass is 16.5. The molecule has 1 fully saturated rings. The van der Waals surface area contributed by atoms with Gasteiger partial charge in [-0.25, -0.2) is 0 Å². The summed E-state index contributed by atoms with van der Waals surface area (Å²) in [6, 6.07) is 0. The van der Waals surface area contributed by atoms with E-state index in [1.54, 1.807) is 13.8 Å². The molecule has 1 aliphatic rings. The summed E-state index contributed by atoms with van der Waals surface area (Å²) in [4.78, 5) is 0. The van der Waals surface area contributed by atoms with Gasteiger partial charge >= 0.3 is 0 Å². The van der Waals surface area contributed by atoms with E-state index in [9.17, 15) is 10.2 Å². The third-order valence-electron chi connectivity index (χ3n) is 2.83. The maximum Gasteiger partial charge on any atom is 0.108 e. The first-order valence-corrected chi connectivity index (χ1v) is 4.90. The van der Waals surface area contributed by atoms with E-state index < -0.39 is 11.7 Å². The van der Waals surface area contributed by atoms with Gasteiger partial charge in [-0.1, -0.05) is 13.8 Å². The quantitative estimate of drug-likeness (QED) is 0.643. The van der Waals surface area contributed by atoms with E-state index in [-0.39, 0.29) is 12.2 Å². The number of rotatable bonds is 1. The van der Waals surface area contributed by atoms with Gasteiger partial charge in [0.15, 0.2) is 0 Å². The average molecular weight is 188 g/mol. The molecule has 1 saturated heterocycles. The maximum absolute atomic E-state index is 9.90. The van der Waals surface area contributed by atoms with E-state index in [2.05, 4.69) is 13.8 Å². The molecule has 78 valence electrons. The Hall–Kier alpha value is -0.120. The summed E-state index contributed by atoms with van der Waals surface area (Å²) in [5.41, 5.74) is -1.01. The molecule has 0 unspecified atom stereocenters. The third-order valence-corrected chi connectivity index (χ3v) is 2.83. The van der Waals surface area contributed by atoms with Crippen molar-refractivity contribution in [1.82, 2.24) is 0 Å². The normalized spacial score (nSPS) is 46.8. The molecule has 0 saturated carbocycles. The van der Waals surface area contributed by atoms with Crippen LogP contribution in [-0.4, -0.2) is 34.1 Å². The highest BCUT2D eigenvalue weighted by Crippen LogP contribution is 2.31. The lowest BCUT2D eigenvalue weighted by Gasteiger charge is -2.43. The molecule has 0 aromatic carbocycles. The molecule has 0 aromatic heterocycles. The molecule has 3 nitrogen and oxygen atoms in total. The fourth-order valence-corrected chi connectivity index (χ4v) is 1.82. The molecule has 1 heterocycles. The Labute approximate surface area is 79.7 Å². The van der Waals surface area contributed by atoms with Crippen LogP contribution in [0.25, 0.3) is 0 Å². The summed E-state index contributed by atoms with van der Waals surface area (Å²) in [6.07, 6.45) is -0.497. The van der Waals surface area contributed by atoms with Crippen LogP contribution in [0.4, 0.5) is 0 Å². The highest BCUT2D eigenvalue weighted by molar-refractivity contribution is 4.93. The summed E-state index contributed by atoms with van der Waals surface area (Å²) < 4.78 is 5.59. The smallest absolute Gasteiger partial charge is 0.108 e. The molecule has 4 atom stereocenters. The van der Waals surface area contributed by atoms with Gasteiger partial charge in [0.05, 0.1) is 17.8 Å². The van der Waals surface area contributed by atoms with Crippen molar-refractivity contribution in [3.63, 3.8) is 0 Å². The first kappa shape index (κ1) is 11.0. The van der Waals surface area contributed by atoms with Crippen molar-refractivity contribution in [2.24, 2.45) is 5.92 Å². The van der Waals surface area contributed by atoms with Gasteiger partial charge in [-0.15, -0.1) is 0 Å². The van der Waals surface area contributed by atoms with E-state index in [0.717, 1.165) is 0 Å². The second kappa shape index (κ2) is 3.56. The third kappa shape index (κ3) is 2.22. The Morgan fingerprint density at radius 1 is 1.46 bits per heavy atom. The topological polar surface area (TPSA) is 49.7 Å². The van der Waals surface area contributed by atoms with E-state index in [4.69, 9.17) is 4.74 Å². The van der Waals surface area contributed by atoms with Gasteiger partial charge in [-0.05, 0) is 19.8 Å². The van der Waals surface area contributed by atoms with Crippen LogP contribution in [0.3, 0.4) is 0 Å². The molecule has 0 aromatic rings. The highest BCUT2D eigenvalue weighted by Gasteiger charge is 2.43. The molecular weight excluding hydrogens is 168 g/mol. The first-order valence-electron chi connectivity index (χ1n) is 4.90. The minimum absolute atomic E-state index is 0.0494. The number of hydrogen-bond donors (Lipinski definition) is 2. The van der Waals surface area contributed by atoms with Crippen molar-refractivity contribution < 1.29 is 14.9 Å². The monoisotopic (exact) mass is 188 g/mol. The number of aliphatic hydroxyl groups is 2. The summed E-state index contributed by atoms with van der Waals surface area (Å²) in [7, 11) is 0. The molecule has 0 spiro atoms. The maximum atomic E-state index is 9.90. The van der Waals surface area contributed by atoms with Gasteiger partial charge in [-0.2, -0.15) is 0 Å². The summed E-state index contributed by atoms with van der Waals surface area (Å²) in [5, 5.41) is 19.5. The van der Waals surface area contributed by atoms with Crippen molar-refractivity contribution in [3.8, 4) is 0 Å². The molecule has 0 aliphatic carbocycles. The average Bonchev–Trinajstić information content (AvgIpc) is 1.99. The molecule has 1 aliphatic heterocycles. The Morgan fingerprint density at radius 3 is 2.38 bits per heavy atom. The molecule has 0 radical (unpaired) electrons. The molecule has 0 amide bonds. The Kier molecular flexibility index (Phi) is 3.00. The summed E-state index contributed by atoms with van der Waals surface area (Å²) in [6.45, 7) is 7.59. The van der Waals surface area contributed by atoms with E-state index in [0.29, 0.717) is 12.3 Å². The van der Waals surface area contributed by atoms with Crippen LogP contribution in [0, 0.1) is 5.92 Å². The van der Waals surface area contributed by atoms with Crippen LogP contribution in [-0.2, 0) is 4.74 Å². The van der Waals surface area contributed by atoms with Crippen LogP contribution in [0.5, 0.6) is 0 Å². The van der Waals surface area contributed by atoms with Gasteiger partial charge < -0.3 is 14.9 Å². The largest absolute Gasteiger partial charge is 0.387 e. The van der Waals surface area contributed by atoms with E-state index >= 15 is 0 Å². The van der Waals surface area contributed by atoms with Gasteiger partial charge in [0.2, 0.25) is 0 Å². The van der Waals surface area contributed by atoms with E-state index in [1.807, 2.05) is 0 Å². The predicted octanol–water partition coefficient (Wildman–Crippen LogP) is 0.932. The number of hydrogen-bond acceptors (Lipinski definition) is 3. The predicted molar refractivity (Wildman–Crippen MR) is 50.4 cm³/mol. The van der Waals surface area contributed by atoms with Gasteiger partial charge in [0.25, 0.3) is 0 Å². The molecule has 13 heavy (non-hydrogen) atoms. The number of ether oxygens (including phenoxy) is 1. The Bertz CT molecular complexity index is 177. The zero-order valence-electron chi connectivity index (χ0n) is 8.82. The fourth-order valence-electron chi connectivity index (χ4n) is 1.82. The van der Waals surface area contributed by atoms with Crippen LogP contribution in [0.15, 0.2) is 0 Å². The Balaban J connectivity index is 2.70. The summed E-state index contributed by atoms with van der Waals surface area (Å²) >= 11 is 0. The fraction of sp³-hybridized carbons (Fsp3) is 1.00. The SMILES string of the molecule is CC(C)[C@@H]1C[C@@](C)(O)[C@H](O)[C@@H](C)O1. The Morgan fingerprint density at radius 2 is 2.00 bits per heavy atom. The lowest BCUT2D eigenvalue weighted by molar-refractivity contribution is -0.212. The summed E-state index contributed by atoms with van der Waals surface area (Å²) in [5.74, 6) is 0.376. The molecule has 1 rings (SSSR count). The van der Waals surface area contributed by atoms with Crippen molar-refractivity contribution in [1.29, 1.82) is 0 Å². The minimum Gasteiger partial charge on any atom is -0.387 e. The van der Waals surface area contributed by atoms with Crippen LogP contribution < -0.4 is 0 Å². The van der Waals surface area contributed by atoms with Gasteiger partial charge in [0, 0.05) is 6.42 Å². The minimum atomic E-state index is -1.01. The van der Waals surface area contributed by atoms with Crippen LogP contribution in [0.2, 0.25) is 0 Å². The lowest BCUT2D eigenvalue weighted by atomic mass is 9.83. The molecule has 2 N–H and O–H groups in total.